The van der Waals surface area contributed by atoms with Crippen molar-refractivity contribution >= 4 is 17.5 Å². The molecule has 0 amide bonds. The molecule has 0 spiro atoms. The predicted molar refractivity (Wildman–Crippen MR) is 81.5 cm³/mol. The molecule has 1 aromatic rings. The third-order valence-electron chi connectivity index (χ3n) is 3.86. The van der Waals surface area contributed by atoms with Crippen molar-refractivity contribution in [1.82, 2.24) is 0 Å². The largest absolute Gasteiger partial charge is 0.496 e. The summed E-state index contributed by atoms with van der Waals surface area (Å²) < 4.78 is 15.0. The van der Waals surface area contributed by atoms with Crippen molar-refractivity contribution in [2.24, 2.45) is 0 Å². The van der Waals surface area contributed by atoms with Gasteiger partial charge < -0.3 is 14.2 Å². The van der Waals surface area contributed by atoms with Gasteiger partial charge in [0, 0.05) is 17.1 Å². The summed E-state index contributed by atoms with van der Waals surface area (Å²) in [4.78, 5) is 24.1. The maximum atomic E-state index is 12.2. The topological polar surface area (TPSA) is 61.8 Å². The summed E-state index contributed by atoms with van der Waals surface area (Å²) in [6.45, 7) is 5.61. The molecule has 0 N–H and O–H groups in total. The molecule has 0 saturated heterocycles. The lowest BCUT2D eigenvalue weighted by atomic mass is 9.88. The second-order valence-corrected chi connectivity index (χ2v) is 4.90. The smallest absolute Gasteiger partial charge is 0.335 e. The molecule has 0 saturated carbocycles. The summed E-state index contributed by atoms with van der Waals surface area (Å²) >= 11 is 0. The number of hydrogen-bond acceptors (Lipinski definition) is 5. The van der Waals surface area contributed by atoms with Crippen molar-refractivity contribution < 1.29 is 23.8 Å². The van der Waals surface area contributed by atoms with Crippen LogP contribution in [0.15, 0.2) is 35.9 Å². The molecule has 0 aliphatic heterocycles. The molecule has 1 aliphatic rings. The molecule has 5 nitrogen and oxygen atoms in total. The van der Waals surface area contributed by atoms with E-state index in [0.717, 1.165) is 11.1 Å². The monoisotopic (exact) mass is 302 g/mol. The quantitative estimate of drug-likeness (QED) is 0.631. The Labute approximate surface area is 129 Å². The molecule has 116 valence electrons. The first kappa shape index (κ1) is 15.8. The molecule has 1 atom stereocenters. The molecule has 2 rings (SSSR count). The minimum atomic E-state index is -0.593. The third kappa shape index (κ3) is 2.28. The number of rotatable bonds is 4. The Bertz CT molecular complexity index is 684. The molecule has 0 bridgehead atoms. The first-order valence-electron chi connectivity index (χ1n) is 6.71. The lowest BCUT2D eigenvalue weighted by molar-refractivity contribution is -0.136. The molecule has 0 aromatic heterocycles. The zero-order valence-electron chi connectivity index (χ0n) is 13.1. The molecule has 5 heteroatoms. The summed E-state index contributed by atoms with van der Waals surface area (Å²) in [5.74, 6) is -1.01. The summed E-state index contributed by atoms with van der Waals surface area (Å²) in [6.07, 6.45) is 0. The summed E-state index contributed by atoms with van der Waals surface area (Å²) in [7, 11) is 4.15. The van der Waals surface area contributed by atoms with Crippen molar-refractivity contribution in [2.45, 2.75) is 12.8 Å². The zero-order chi connectivity index (χ0) is 16.4. The summed E-state index contributed by atoms with van der Waals surface area (Å²) in [6, 6.07) is 5.46. The Kier molecular flexibility index (Phi) is 4.35. The highest BCUT2D eigenvalue weighted by atomic mass is 16.5. The van der Waals surface area contributed by atoms with Gasteiger partial charge in [-0.2, -0.15) is 0 Å². The van der Waals surface area contributed by atoms with Crippen molar-refractivity contribution in [1.29, 1.82) is 0 Å². The van der Waals surface area contributed by atoms with E-state index in [1.54, 1.807) is 20.1 Å². The van der Waals surface area contributed by atoms with Gasteiger partial charge in [-0.25, -0.2) is 9.59 Å². The molecule has 1 aliphatic carbocycles. The fourth-order valence-corrected chi connectivity index (χ4v) is 2.86. The molecule has 1 aromatic carbocycles. The lowest BCUT2D eigenvalue weighted by Crippen LogP contribution is -2.17. The average Bonchev–Trinajstić information content (AvgIpc) is 2.85. The first-order valence-corrected chi connectivity index (χ1v) is 6.71. The highest BCUT2D eigenvalue weighted by Gasteiger charge is 2.39. The normalized spacial score (nSPS) is 16.1. The Morgan fingerprint density at radius 1 is 1.14 bits per heavy atom. The lowest BCUT2D eigenvalue weighted by Gasteiger charge is -2.17. The van der Waals surface area contributed by atoms with E-state index >= 15 is 0 Å². The van der Waals surface area contributed by atoms with Crippen LogP contribution in [0.3, 0.4) is 0 Å². The molecule has 0 fully saturated rings. The van der Waals surface area contributed by atoms with Gasteiger partial charge in [0.25, 0.3) is 0 Å². The minimum Gasteiger partial charge on any atom is -0.496 e. The standard InChI is InChI=1S/C17H18O5/c1-9-13-11(7-6-8-12(13)20-3)14(10(2)16(18)21-4)15(9)17(19)22-5/h6-8,14H,2H2,1,3-5H3. The predicted octanol–water partition coefficient (Wildman–Crippen LogP) is 2.47. The van der Waals surface area contributed by atoms with E-state index in [2.05, 4.69) is 6.58 Å². The van der Waals surface area contributed by atoms with Crippen LogP contribution in [0.4, 0.5) is 0 Å². The van der Waals surface area contributed by atoms with Gasteiger partial charge in [0.2, 0.25) is 0 Å². The van der Waals surface area contributed by atoms with Gasteiger partial charge in [0.15, 0.2) is 0 Å². The van der Waals surface area contributed by atoms with Crippen LogP contribution >= 0.6 is 0 Å². The molecular weight excluding hydrogens is 284 g/mol. The fraction of sp³-hybridized carbons (Fsp3) is 0.294. The number of ether oxygens (including phenoxy) is 3. The van der Waals surface area contributed by atoms with Gasteiger partial charge >= 0.3 is 11.9 Å². The number of fused-ring (bicyclic) bond motifs is 1. The van der Waals surface area contributed by atoms with Crippen LogP contribution in [0, 0.1) is 0 Å². The van der Waals surface area contributed by atoms with E-state index in [9.17, 15) is 9.59 Å². The second kappa shape index (κ2) is 6.05. The van der Waals surface area contributed by atoms with Gasteiger partial charge in [-0.3, -0.25) is 0 Å². The van der Waals surface area contributed by atoms with Gasteiger partial charge in [-0.1, -0.05) is 18.7 Å². The maximum Gasteiger partial charge on any atom is 0.335 e. The minimum absolute atomic E-state index is 0.189. The molecule has 22 heavy (non-hydrogen) atoms. The summed E-state index contributed by atoms with van der Waals surface area (Å²) in [5.41, 5.74) is 2.87. The number of carbonyl (C=O) groups excluding carboxylic acids is 2. The van der Waals surface area contributed by atoms with Gasteiger partial charge in [0.1, 0.15) is 5.75 Å². The Morgan fingerprint density at radius 2 is 1.82 bits per heavy atom. The average molecular weight is 302 g/mol. The molecule has 0 radical (unpaired) electrons. The van der Waals surface area contributed by atoms with E-state index in [1.807, 2.05) is 12.1 Å². The van der Waals surface area contributed by atoms with Crippen molar-refractivity contribution in [2.75, 3.05) is 21.3 Å². The van der Waals surface area contributed by atoms with Crippen LogP contribution in [-0.4, -0.2) is 33.3 Å². The Hall–Kier alpha value is -2.56. The second-order valence-electron chi connectivity index (χ2n) is 4.90. The summed E-state index contributed by atoms with van der Waals surface area (Å²) in [5, 5.41) is 0. The number of methoxy groups -OCH3 is 3. The van der Waals surface area contributed by atoms with Crippen molar-refractivity contribution in [3.05, 3.63) is 47.1 Å². The van der Waals surface area contributed by atoms with E-state index in [0.29, 0.717) is 16.9 Å². The molecule has 1 unspecified atom stereocenters. The van der Waals surface area contributed by atoms with Gasteiger partial charge in [-0.15, -0.1) is 0 Å². The van der Waals surface area contributed by atoms with E-state index in [4.69, 9.17) is 14.2 Å². The highest BCUT2D eigenvalue weighted by molar-refractivity contribution is 6.07. The zero-order valence-corrected chi connectivity index (χ0v) is 13.1. The number of allylic oxidation sites excluding steroid dienone is 1. The van der Waals surface area contributed by atoms with Crippen molar-refractivity contribution in [3.63, 3.8) is 0 Å². The number of hydrogen-bond donors (Lipinski definition) is 0. The van der Waals surface area contributed by atoms with Gasteiger partial charge in [-0.05, 0) is 24.1 Å². The Morgan fingerprint density at radius 3 is 2.36 bits per heavy atom. The van der Waals surface area contributed by atoms with E-state index in [-0.39, 0.29) is 5.57 Å². The third-order valence-corrected chi connectivity index (χ3v) is 3.86. The number of esters is 2. The van der Waals surface area contributed by atoms with Crippen LogP contribution in [0.25, 0.3) is 5.57 Å². The van der Waals surface area contributed by atoms with E-state index < -0.39 is 17.9 Å². The number of carbonyl (C=O) groups is 2. The van der Waals surface area contributed by atoms with Crippen LogP contribution in [0.5, 0.6) is 5.75 Å². The van der Waals surface area contributed by atoms with Crippen LogP contribution in [0.1, 0.15) is 24.0 Å². The highest BCUT2D eigenvalue weighted by Crippen LogP contribution is 2.49. The van der Waals surface area contributed by atoms with Crippen LogP contribution in [-0.2, 0) is 19.1 Å². The number of benzene rings is 1. The SMILES string of the molecule is C=C(C(=O)OC)C1C(C(=O)OC)=C(C)c2c(OC)cccc21. The fourth-order valence-electron chi connectivity index (χ4n) is 2.86. The van der Waals surface area contributed by atoms with Crippen LogP contribution in [0.2, 0.25) is 0 Å². The Balaban J connectivity index is 2.69. The van der Waals surface area contributed by atoms with Crippen LogP contribution < -0.4 is 4.74 Å². The van der Waals surface area contributed by atoms with Crippen molar-refractivity contribution in [3.8, 4) is 5.75 Å². The van der Waals surface area contributed by atoms with Gasteiger partial charge in [0.05, 0.1) is 26.9 Å². The molecule has 0 heterocycles. The van der Waals surface area contributed by atoms with E-state index in [1.165, 1.54) is 14.2 Å². The first-order chi connectivity index (χ1) is 10.5. The maximum absolute atomic E-state index is 12.2. The molecular formula is C17H18O5.